The molecular formula is C13H10F3N5. The van der Waals surface area contributed by atoms with Crippen LogP contribution >= 0.6 is 0 Å². The quantitative estimate of drug-likeness (QED) is 0.789. The highest BCUT2D eigenvalue weighted by atomic mass is 19.4. The Balaban J connectivity index is 2.04. The molecule has 1 aliphatic rings. The lowest BCUT2D eigenvalue weighted by atomic mass is 10.2. The SMILES string of the molecule is FC(F)(F)c1nnc2c3ccccc3c(NC3CC3)nn12. The highest BCUT2D eigenvalue weighted by Gasteiger charge is 2.38. The van der Waals surface area contributed by atoms with Gasteiger partial charge < -0.3 is 5.32 Å². The van der Waals surface area contributed by atoms with Crippen LogP contribution in [-0.2, 0) is 6.18 Å². The van der Waals surface area contributed by atoms with E-state index < -0.39 is 12.0 Å². The van der Waals surface area contributed by atoms with Crippen molar-refractivity contribution >= 4 is 22.2 Å². The van der Waals surface area contributed by atoms with Gasteiger partial charge in [-0.15, -0.1) is 15.3 Å². The molecule has 8 heteroatoms. The van der Waals surface area contributed by atoms with Gasteiger partial charge in [-0.1, -0.05) is 24.3 Å². The van der Waals surface area contributed by atoms with Gasteiger partial charge in [-0.05, 0) is 12.8 Å². The molecule has 1 saturated carbocycles. The lowest BCUT2D eigenvalue weighted by molar-refractivity contribution is -0.146. The normalized spacial score (nSPS) is 15.8. The number of anilines is 1. The number of rotatable bonds is 2. The highest BCUT2D eigenvalue weighted by molar-refractivity contribution is 6.00. The molecule has 1 aromatic carbocycles. The van der Waals surface area contributed by atoms with Crippen molar-refractivity contribution in [2.24, 2.45) is 0 Å². The van der Waals surface area contributed by atoms with Gasteiger partial charge in [0.15, 0.2) is 11.5 Å². The Morgan fingerprint density at radius 2 is 1.81 bits per heavy atom. The molecule has 0 radical (unpaired) electrons. The van der Waals surface area contributed by atoms with Gasteiger partial charge in [-0.3, -0.25) is 0 Å². The van der Waals surface area contributed by atoms with E-state index in [1.165, 1.54) is 0 Å². The number of hydrogen-bond donors (Lipinski definition) is 1. The highest BCUT2D eigenvalue weighted by Crippen LogP contribution is 2.33. The van der Waals surface area contributed by atoms with Crippen LogP contribution in [0, 0.1) is 0 Å². The van der Waals surface area contributed by atoms with E-state index in [4.69, 9.17) is 0 Å². The Morgan fingerprint density at radius 3 is 2.48 bits per heavy atom. The summed E-state index contributed by atoms with van der Waals surface area (Å²) >= 11 is 0. The Kier molecular flexibility index (Phi) is 2.39. The molecule has 0 bridgehead atoms. The van der Waals surface area contributed by atoms with Crippen LogP contribution in [-0.4, -0.2) is 25.9 Å². The largest absolute Gasteiger partial charge is 0.453 e. The minimum absolute atomic E-state index is 0.110. The zero-order chi connectivity index (χ0) is 14.6. The van der Waals surface area contributed by atoms with E-state index in [1.807, 2.05) is 12.1 Å². The summed E-state index contributed by atoms with van der Waals surface area (Å²) in [5, 5.41) is 15.5. The molecule has 0 amide bonds. The van der Waals surface area contributed by atoms with Crippen LogP contribution in [0.5, 0.6) is 0 Å². The van der Waals surface area contributed by atoms with Gasteiger partial charge in [0, 0.05) is 16.8 Å². The lowest BCUT2D eigenvalue weighted by Gasteiger charge is -2.10. The maximum atomic E-state index is 13.0. The van der Waals surface area contributed by atoms with Crippen molar-refractivity contribution in [1.82, 2.24) is 19.8 Å². The fourth-order valence-electron chi connectivity index (χ4n) is 2.29. The van der Waals surface area contributed by atoms with Crippen LogP contribution in [0.25, 0.3) is 16.4 Å². The molecule has 0 aliphatic heterocycles. The van der Waals surface area contributed by atoms with Crippen molar-refractivity contribution in [3.05, 3.63) is 30.1 Å². The predicted octanol–water partition coefficient (Wildman–Crippen LogP) is 2.87. The summed E-state index contributed by atoms with van der Waals surface area (Å²) in [7, 11) is 0. The lowest BCUT2D eigenvalue weighted by Crippen LogP contribution is -2.14. The number of nitrogens with one attached hydrogen (secondary N) is 1. The van der Waals surface area contributed by atoms with Crippen molar-refractivity contribution in [1.29, 1.82) is 0 Å². The van der Waals surface area contributed by atoms with Gasteiger partial charge in [0.05, 0.1) is 0 Å². The third-order valence-electron chi connectivity index (χ3n) is 3.44. The molecule has 0 unspecified atom stereocenters. The molecule has 1 aliphatic carbocycles. The zero-order valence-electron chi connectivity index (χ0n) is 10.7. The number of halogens is 3. The summed E-state index contributed by atoms with van der Waals surface area (Å²) in [5.74, 6) is -0.673. The number of benzene rings is 1. The summed E-state index contributed by atoms with van der Waals surface area (Å²) in [4.78, 5) is 0. The minimum Gasteiger partial charge on any atom is -0.365 e. The molecule has 0 spiro atoms. The van der Waals surface area contributed by atoms with Crippen molar-refractivity contribution in [2.45, 2.75) is 25.1 Å². The first kappa shape index (κ1) is 12.4. The fourth-order valence-corrected chi connectivity index (χ4v) is 2.29. The van der Waals surface area contributed by atoms with E-state index in [0.29, 0.717) is 11.2 Å². The van der Waals surface area contributed by atoms with Gasteiger partial charge in [-0.2, -0.15) is 17.7 Å². The molecule has 1 N–H and O–H groups in total. The summed E-state index contributed by atoms with van der Waals surface area (Å²) in [6, 6.07) is 7.39. The topological polar surface area (TPSA) is 55.1 Å². The molecule has 0 saturated heterocycles. The van der Waals surface area contributed by atoms with E-state index >= 15 is 0 Å². The second-order valence-corrected chi connectivity index (χ2v) is 5.07. The van der Waals surface area contributed by atoms with E-state index in [1.54, 1.807) is 12.1 Å². The standard InChI is InChI=1S/C13H10F3N5/c14-13(15,16)12-19-18-11-9-4-2-1-3-8(9)10(20-21(11)12)17-7-5-6-7/h1-4,7H,5-6H2,(H,17,20). The monoisotopic (exact) mass is 293 g/mol. The number of aromatic nitrogens is 4. The van der Waals surface area contributed by atoms with Crippen LogP contribution < -0.4 is 5.32 Å². The Bertz CT molecular complexity index is 835. The first-order chi connectivity index (χ1) is 10.0. The molecule has 3 aromatic rings. The van der Waals surface area contributed by atoms with Crippen molar-refractivity contribution in [3.63, 3.8) is 0 Å². The van der Waals surface area contributed by atoms with E-state index in [2.05, 4.69) is 20.6 Å². The number of alkyl halides is 3. The van der Waals surface area contributed by atoms with Gasteiger partial charge in [-0.25, -0.2) is 0 Å². The summed E-state index contributed by atoms with van der Waals surface area (Å²) < 4.78 is 39.7. The molecule has 108 valence electrons. The molecule has 1 fully saturated rings. The molecule has 2 heterocycles. The van der Waals surface area contributed by atoms with Gasteiger partial charge in [0.1, 0.15) is 0 Å². The summed E-state index contributed by atoms with van der Waals surface area (Å²) in [6.07, 6.45) is -2.59. The summed E-state index contributed by atoms with van der Waals surface area (Å²) in [5.41, 5.74) is 0.110. The molecule has 0 atom stereocenters. The van der Waals surface area contributed by atoms with Crippen LogP contribution in [0.2, 0.25) is 0 Å². The van der Waals surface area contributed by atoms with Crippen molar-refractivity contribution < 1.29 is 13.2 Å². The predicted molar refractivity (Wildman–Crippen MR) is 69.9 cm³/mol. The van der Waals surface area contributed by atoms with Crippen LogP contribution in [0.4, 0.5) is 19.0 Å². The van der Waals surface area contributed by atoms with E-state index in [-0.39, 0.29) is 11.7 Å². The average Bonchev–Trinajstić information content (AvgIpc) is 3.14. The van der Waals surface area contributed by atoms with E-state index in [9.17, 15) is 13.2 Å². The minimum atomic E-state index is -4.59. The average molecular weight is 293 g/mol. The zero-order valence-corrected chi connectivity index (χ0v) is 10.7. The molecular weight excluding hydrogens is 283 g/mol. The third-order valence-corrected chi connectivity index (χ3v) is 3.44. The van der Waals surface area contributed by atoms with Crippen molar-refractivity contribution in [3.8, 4) is 0 Å². The van der Waals surface area contributed by atoms with Gasteiger partial charge >= 0.3 is 6.18 Å². The van der Waals surface area contributed by atoms with Gasteiger partial charge in [0.2, 0.25) is 0 Å². The maximum Gasteiger partial charge on any atom is 0.453 e. The Labute approximate surface area is 116 Å². The number of hydrogen-bond acceptors (Lipinski definition) is 4. The molecule has 5 nitrogen and oxygen atoms in total. The first-order valence-corrected chi connectivity index (χ1v) is 6.52. The molecule has 2 aromatic heterocycles. The first-order valence-electron chi connectivity index (χ1n) is 6.52. The maximum absolute atomic E-state index is 13.0. The second-order valence-electron chi connectivity index (χ2n) is 5.07. The Hall–Kier alpha value is -2.38. The molecule has 4 rings (SSSR count). The smallest absolute Gasteiger partial charge is 0.365 e. The van der Waals surface area contributed by atoms with E-state index in [0.717, 1.165) is 22.7 Å². The number of nitrogens with zero attached hydrogens (tertiary/aromatic N) is 4. The van der Waals surface area contributed by atoms with Crippen LogP contribution in [0.1, 0.15) is 18.7 Å². The fraction of sp³-hybridized carbons (Fsp3) is 0.308. The third kappa shape index (κ3) is 1.98. The van der Waals surface area contributed by atoms with Crippen LogP contribution in [0.3, 0.4) is 0 Å². The van der Waals surface area contributed by atoms with Crippen molar-refractivity contribution in [2.75, 3.05) is 5.32 Å². The van der Waals surface area contributed by atoms with Gasteiger partial charge in [0.25, 0.3) is 5.82 Å². The Morgan fingerprint density at radius 1 is 1.10 bits per heavy atom. The second kappa shape index (κ2) is 4.06. The summed E-state index contributed by atoms with van der Waals surface area (Å²) in [6.45, 7) is 0. The molecule has 21 heavy (non-hydrogen) atoms. The van der Waals surface area contributed by atoms with Crippen LogP contribution in [0.15, 0.2) is 24.3 Å². The number of fused-ring (bicyclic) bond motifs is 3.